The number of hydrogen-bond acceptors (Lipinski definition) is 2. The van der Waals surface area contributed by atoms with Gasteiger partial charge in [0.15, 0.2) is 0 Å². The Morgan fingerprint density at radius 3 is 2.33 bits per heavy atom. The summed E-state index contributed by atoms with van der Waals surface area (Å²) in [5, 5.41) is 5.43. The Kier molecular flexibility index (Phi) is 5.98. The van der Waals surface area contributed by atoms with E-state index in [-0.39, 0.29) is 11.5 Å². The lowest BCUT2D eigenvalue weighted by Crippen LogP contribution is -2.25. The first-order valence-electron chi connectivity index (χ1n) is 8.22. The van der Waals surface area contributed by atoms with Crippen molar-refractivity contribution in [3.8, 4) is 0 Å². The maximum absolute atomic E-state index is 13.9. The highest BCUT2D eigenvalue weighted by atomic mass is 79.9. The van der Waals surface area contributed by atoms with Crippen LogP contribution in [0.4, 0.5) is 10.1 Å². The molecular formula is C21H16BrFN2O2. The molecule has 0 spiro atoms. The Bertz CT molecular complexity index is 977. The largest absolute Gasteiger partial charge is 0.348 e. The Morgan fingerprint density at radius 2 is 1.56 bits per heavy atom. The van der Waals surface area contributed by atoms with Crippen molar-refractivity contribution in [1.82, 2.24) is 5.32 Å². The highest BCUT2D eigenvalue weighted by Crippen LogP contribution is 2.20. The van der Waals surface area contributed by atoms with Crippen LogP contribution >= 0.6 is 15.9 Å². The first-order valence-corrected chi connectivity index (χ1v) is 9.01. The molecule has 0 bridgehead atoms. The van der Waals surface area contributed by atoms with Crippen LogP contribution in [-0.2, 0) is 6.54 Å². The molecule has 0 heterocycles. The topological polar surface area (TPSA) is 58.2 Å². The molecule has 3 aromatic rings. The lowest BCUT2D eigenvalue weighted by atomic mass is 10.1. The van der Waals surface area contributed by atoms with Crippen LogP contribution in [0.5, 0.6) is 0 Å². The minimum atomic E-state index is -0.637. The average Bonchev–Trinajstić information content (AvgIpc) is 2.69. The van der Waals surface area contributed by atoms with Crippen LogP contribution in [0.1, 0.15) is 26.3 Å². The fourth-order valence-corrected chi connectivity index (χ4v) is 2.89. The molecular weight excluding hydrogens is 411 g/mol. The zero-order valence-corrected chi connectivity index (χ0v) is 15.8. The molecule has 2 amide bonds. The van der Waals surface area contributed by atoms with Crippen LogP contribution in [0.2, 0.25) is 0 Å². The van der Waals surface area contributed by atoms with Gasteiger partial charge in [-0.25, -0.2) is 4.39 Å². The predicted octanol–water partition coefficient (Wildman–Crippen LogP) is 4.77. The van der Waals surface area contributed by atoms with Gasteiger partial charge in [-0.3, -0.25) is 9.59 Å². The lowest BCUT2D eigenvalue weighted by molar-refractivity contribution is 0.0952. The monoisotopic (exact) mass is 426 g/mol. The van der Waals surface area contributed by atoms with E-state index in [1.165, 1.54) is 18.2 Å². The van der Waals surface area contributed by atoms with E-state index in [0.717, 1.165) is 5.56 Å². The van der Waals surface area contributed by atoms with Crippen molar-refractivity contribution < 1.29 is 14.0 Å². The molecule has 0 aromatic heterocycles. The summed E-state index contributed by atoms with van der Waals surface area (Å²) in [5.41, 5.74) is 1.47. The number of para-hydroxylation sites is 1. The minimum absolute atomic E-state index is 0.108. The van der Waals surface area contributed by atoms with Crippen LogP contribution < -0.4 is 10.6 Å². The van der Waals surface area contributed by atoms with Crippen LogP contribution in [0.15, 0.2) is 77.3 Å². The summed E-state index contributed by atoms with van der Waals surface area (Å²) in [6.07, 6.45) is 0. The van der Waals surface area contributed by atoms with Gasteiger partial charge >= 0.3 is 0 Å². The number of nitrogens with one attached hydrogen (secondary N) is 2. The minimum Gasteiger partial charge on any atom is -0.348 e. The van der Waals surface area contributed by atoms with Gasteiger partial charge in [-0.1, -0.05) is 58.4 Å². The van der Waals surface area contributed by atoms with Gasteiger partial charge in [0.05, 0.1) is 16.8 Å². The third-order valence-electron chi connectivity index (χ3n) is 3.89. The molecule has 27 heavy (non-hydrogen) atoms. The number of carbonyl (C=O) groups is 2. The van der Waals surface area contributed by atoms with E-state index in [9.17, 15) is 14.0 Å². The van der Waals surface area contributed by atoms with Gasteiger partial charge < -0.3 is 10.6 Å². The molecule has 0 aliphatic heterocycles. The number of benzene rings is 3. The van der Waals surface area contributed by atoms with Gasteiger partial charge in [0, 0.05) is 11.0 Å². The average molecular weight is 427 g/mol. The van der Waals surface area contributed by atoms with E-state index in [1.54, 1.807) is 24.3 Å². The second kappa shape index (κ2) is 8.60. The summed E-state index contributed by atoms with van der Waals surface area (Å²) >= 11 is 3.22. The molecule has 2 N–H and O–H groups in total. The predicted molar refractivity (Wildman–Crippen MR) is 106 cm³/mol. The van der Waals surface area contributed by atoms with Crippen LogP contribution in [-0.4, -0.2) is 11.8 Å². The molecule has 4 nitrogen and oxygen atoms in total. The Morgan fingerprint density at radius 1 is 0.852 bits per heavy atom. The molecule has 3 aromatic carbocycles. The lowest BCUT2D eigenvalue weighted by Gasteiger charge is -2.12. The SMILES string of the molecule is O=C(Nc1ccccc1C(=O)NCc1ccccc1)c1cc(Br)ccc1F. The fourth-order valence-electron chi connectivity index (χ4n) is 2.52. The standard InChI is InChI=1S/C21H16BrFN2O2/c22-15-10-11-18(23)17(12-15)21(27)25-19-9-5-4-8-16(19)20(26)24-13-14-6-2-1-3-7-14/h1-12H,13H2,(H,24,26)(H,25,27). The van der Waals surface area contributed by atoms with E-state index in [1.807, 2.05) is 30.3 Å². The summed E-state index contributed by atoms with van der Waals surface area (Å²) in [6.45, 7) is 0.363. The quantitative estimate of drug-likeness (QED) is 0.617. The summed E-state index contributed by atoms with van der Waals surface area (Å²) in [6, 6.07) is 20.2. The summed E-state index contributed by atoms with van der Waals surface area (Å²) in [7, 11) is 0. The van der Waals surface area contributed by atoms with Crippen molar-refractivity contribution in [2.24, 2.45) is 0 Å². The normalized spacial score (nSPS) is 10.3. The first kappa shape index (κ1) is 18.8. The summed E-state index contributed by atoms with van der Waals surface area (Å²) < 4.78 is 14.5. The van der Waals surface area contributed by atoms with Crippen molar-refractivity contribution >= 4 is 33.4 Å². The van der Waals surface area contributed by atoms with Gasteiger partial charge in [-0.15, -0.1) is 0 Å². The second-order valence-corrected chi connectivity index (χ2v) is 6.71. The molecule has 0 saturated carbocycles. The van der Waals surface area contributed by atoms with E-state index >= 15 is 0 Å². The zero-order valence-electron chi connectivity index (χ0n) is 14.2. The van der Waals surface area contributed by atoms with Crippen molar-refractivity contribution in [1.29, 1.82) is 0 Å². The zero-order chi connectivity index (χ0) is 19.2. The van der Waals surface area contributed by atoms with Crippen molar-refractivity contribution in [3.05, 3.63) is 99.8 Å². The van der Waals surface area contributed by atoms with Gasteiger partial charge in [0.1, 0.15) is 5.82 Å². The number of halogens is 2. The van der Waals surface area contributed by atoms with Crippen molar-refractivity contribution in [2.75, 3.05) is 5.32 Å². The first-order chi connectivity index (χ1) is 13.0. The highest BCUT2D eigenvalue weighted by molar-refractivity contribution is 9.10. The molecule has 3 rings (SSSR count). The van der Waals surface area contributed by atoms with E-state index in [2.05, 4.69) is 26.6 Å². The third kappa shape index (κ3) is 4.80. The van der Waals surface area contributed by atoms with Crippen LogP contribution in [0.3, 0.4) is 0 Å². The number of amides is 2. The molecule has 0 fully saturated rings. The Balaban J connectivity index is 1.76. The Labute approximate surface area is 164 Å². The molecule has 0 aliphatic carbocycles. The second-order valence-electron chi connectivity index (χ2n) is 5.79. The molecule has 0 atom stereocenters. The van der Waals surface area contributed by atoms with Gasteiger partial charge in [0.25, 0.3) is 11.8 Å². The van der Waals surface area contributed by atoms with Gasteiger partial charge in [-0.05, 0) is 35.9 Å². The Hall–Kier alpha value is -2.99. The van der Waals surface area contributed by atoms with Crippen molar-refractivity contribution in [2.45, 2.75) is 6.54 Å². The number of hydrogen-bond donors (Lipinski definition) is 2. The molecule has 0 radical (unpaired) electrons. The molecule has 0 unspecified atom stereocenters. The number of rotatable bonds is 5. The maximum Gasteiger partial charge on any atom is 0.258 e. The number of carbonyl (C=O) groups excluding carboxylic acids is 2. The fraction of sp³-hybridized carbons (Fsp3) is 0.0476. The summed E-state index contributed by atoms with van der Waals surface area (Å²) in [4.78, 5) is 25.0. The van der Waals surface area contributed by atoms with Crippen LogP contribution in [0, 0.1) is 5.82 Å². The third-order valence-corrected chi connectivity index (χ3v) is 4.38. The van der Waals surface area contributed by atoms with E-state index in [4.69, 9.17) is 0 Å². The molecule has 136 valence electrons. The molecule has 0 aliphatic rings. The van der Waals surface area contributed by atoms with Crippen molar-refractivity contribution in [3.63, 3.8) is 0 Å². The van der Waals surface area contributed by atoms with Gasteiger partial charge in [-0.2, -0.15) is 0 Å². The van der Waals surface area contributed by atoms with E-state index < -0.39 is 11.7 Å². The van der Waals surface area contributed by atoms with Crippen LogP contribution in [0.25, 0.3) is 0 Å². The van der Waals surface area contributed by atoms with E-state index in [0.29, 0.717) is 22.3 Å². The maximum atomic E-state index is 13.9. The highest BCUT2D eigenvalue weighted by Gasteiger charge is 2.16. The smallest absolute Gasteiger partial charge is 0.258 e. The van der Waals surface area contributed by atoms with Gasteiger partial charge in [0.2, 0.25) is 0 Å². The molecule has 6 heteroatoms. The number of anilines is 1. The molecule has 0 saturated heterocycles. The summed E-state index contributed by atoms with van der Waals surface area (Å²) in [5.74, 6) is -1.59.